The third-order valence-electron chi connectivity index (χ3n) is 4.37. The summed E-state index contributed by atoms with van der Waals surface area (Å²) in [5, 5.41) is 23.3. The van der Waals surface area contributed by atoms with E-state index in [9.17, 15) is 14.7 Å². The van der Waals surface area contributed by atoms with Gasteiger partial charge in [0.25, 0.3) is 5.91 Å². The number of benzene rings is 1. The van der Waals surface area contributed by atoms with Gasteiger partial charge < -0.3 is 20.8 Å². The van der Waals surface area contributed by atoms with Crippen LogP contribution in [-0.4, -0.2) is 50.5 Å². The van der Waals surface area contributed by atoms with Crippen LogP contribution in [0.5, 0.6) is 0 Å². The molecule has 1 aromatic carbocycles. The number of aliphatic hydroxyl groups excluding tert-OH is 1. The van der Waals surface area contributed by atoms with Gasteiger partial charge in [-0.15, -0.1) is 0 Å². The zero-order valence-corrected chi connectivity index (χ0v) is 14.3. The van der Waals surface area contributed by atoms with Gasteiger partial charge in [-0.05, 0) is 30.5 Å². The molecule has 0 aliphatic heterocycles. The molecule has 1 aliphatic rings. The number of rotatable bonds is 5. The van der Waals surface area contributed by atoms with Crippen LogP contribution in [0.3, 0.4) is 0 Å². The summed E-state index contributed by atoms with van der Waals surface area (Å²) in [6, 6.07) is 7.46. The van der Waals surface area contributed by atoms with Gasteiger partial charge in [-0.1, -0.05) is 24.3 Å². The Morgan fingerprint density at radius 1 is 1.46 bits per heavy atom. The molecule has 0 radical (unpaired) electrons. The number of aromatic nitrogens is 2. The van der Waals surface area contributed by atoms with Crippen LogP contribution in [0.15, 0.2) is 30.3 Å². The first-order valence-corrected chi connectivity index (χ1v) is 8.19. The van der Waals surface area contributed by atoms with Crippen molar-refractivity contribution in [2.24, 2.45) is 5.73 Å². The Balaban J connectivity index is 1.91. The molecule has 1 aliphatic carbocycles. The predicted octanol–water partition coefficient (Wildman–Crippen LogP) is 1.57. The quantitative estimate of drug-likeness (QED) is 0.751. The number of carboxylic acid groups (broad SMARTS) is 1. The lowest BCUT2D eigenvalue weighted by molar-refractivity contribution is 0.0987. The Hall–Kier alpha value is -3.13. The smallest absolute Gasteiger partial charge is 0.407 e. The van der Waals surface area contributed by atoms with Crippen molar-refractivity contribution in [1.29, 1.82) is 0 Å². The number of nitrogens with zero attached hydrogens (tertiary/aromatic N) is 3. The first-order chi connectivity index (χ1) is 12.4. The average Bonchev–Trinajstić information content (AvgIpc) is 3.16. The number of nitrogens with two attached hydrogens (primary N) is 1. The molecular weight excluding hydrogens is 336 g/mol. The molecule has 1 heterocycles. The molecule has 0 fully saturated rings. The van der Waals surface area contributed by atoms with Crippen molar-refractivity contribution < 1.29 is 19.8 Å². The van der Waals surface area contributed by atoms with Crippen LogP contribution < -0.4 is 5.73 Å². The zero-order chi connectivity index (χ0) is 18.8. The van der Waals surface area contributed by atoms with Crippen LogP contribution >= 0.6 is 0 Å². The van der Waals surface area contributed by atoms with Crippen molar-refractivity contribution in [3.05, 3.63) is 52.9 Å². The summed E-state index contributed by atoms with van der Waals surface area (Å²) in [5.41, 5.74) is 8.42. The third kappa shape index (κ3) is 3.31. The van der Waals surface area contributed by atoms with Crippen LogP contribution in [0.25, 0.3) is 11.8 Å². The Morgan fingerprint density at radius 3 is 2.92 bits per heavy atom. The Morgan fingerprint density at radius 2 is 2.23 bits per heavy atom. The molecule has 4 N–H and O–H groups in total. The second-order valence-electron chi connectivity index (χ2n) is 6.20. The van der Waals surface area contributed by atoms with Crippen molar-refractivity contribution in [1.82, 2.24) is 14.7 Å². The van der Waals surface area contributed by atoms with E-state index >= 15 is 0 Å². The van der Waals surface area contributed by atoms with Gasteiger partial charge in [0.05, 0.1) is 17.5 Å². The van der Waals surface area contributed by atoms with Crippen molar-refractivity contribution in [2.45, 2.75) is 18.9 Å². The first kappa shape index (κ1) is 17.7. The lowest BCUT2D eigenvalue weighted by Gasteiger charge is -2.09. The van der Waals surface area contributed by atoms with Crippen LogP contribution in [0.2, 0.25) is 0 Å². The molecule has 0 saturated heterocycles. The molecule has 8 heteroatoms. The number of aliphatic hydroxyl groups is 1. The number of carbonyl (C=O) groups excluding carboxylic acids is 1. The number of primary amides is 1. The predicted molar refractivity (Wildman–Crippen MR) is 95.1 cm³/mol. The number of hydrogen-bond acceptors (Lipinski definition) is 4. The number of likely N-dealkylation sites (N-methyl/N-ethyl adjacent to an activating group) is 1. The minimum absolute atomic E-state index is 0.106. The standard InChI is InChI=1S/C18H20N4O4/c1-21(18(25)26)9-3-5-11-4-2-6-12(10-11)22-13-7-8-14(23)15(13)16(20-22)17(19)24/h2-6,10,14,23H,7-9H2,1H3,(H2,19,24)(H,25,26). The highest BCUT2D eigenvalue weighted by atomic mass is 16.4. The van der Waals surface area contributed by atoms with Crippen molar-refractivity contribution in [3.8, 4) is 5.69 Å². The molecule has 1 aromatic heterocycles. The van der Waals surface area contributed by atoms with Crippen molar-refractivity contribution in [3.63, 3.8) is 0 Å². The molecule has 2 amide bonds. The maximum atomic E-state index is 11.6. The molecular formula is C18H20N4O4. The molecule has 0 saturated carbocycles. The highest BCUT2D eigenvalue weighted by Gasteiger charge is 2.32. The van der Waals surface area contributed by atoms with E-state index in [0.29, 0.717) is 18.4 Å². The summed E-state index contributed by atoms with van der Waals surface area (Å²) in [4.78, 5) is 23.6. The second kappa shape index (κ2) is 7.01. The minimum Gasteiger partial charge on any atom is -0.465 e. The largest absolute Gasteiger partial charge is 0.465 e. The summed E-state index contributed by atoms with van der Waals surface area (Å²) in [6.07, 6.45) is 2.99. The van der Waals surface area contributed by atoms with Gasteiger partial charge >= 0.3 is 6.09 Å². The van der Waals surface area contributed by atoms with E-state index < -0.39 is 18.1 Å². The fraction of sp³-hybridized carbons (Fsp3) is 0.278. The third-order valence-corrected chi connectivity index (χ3v) is 4.37. The number of fused-ring (bicyclic) bond motifs is 1. The molecule has 26 heavy (non-hydrogen) atoms. The molecule has 3 rings (SSSR count). The van der Waals surface area contributed by atoms with E-state index in [0.717, 1.165) is 16.9 Å². The number of hydrogen-bond donors (Lipinski definition) is 3. The zero-order valence-electron chi connectivity index (χ0n) is 14.3. The Bertz CT molecular complexity index is 887. The maximum absolute atomic E-state index is 11.6. The van der Waals surface area contributed by atoms with E-state index in [4.69, 9.17) is 10.8 Å². The van der Waals surface area contributed by atoms with Crippen LogP contribution in [-0.2, 0) is 6.42 Å². The Kier molecular flexibility index (Phi) is 4.77. The van der Waals surface area contributed by atoms with Crippen molar-refractivity contribution >= 4 is 18.1 Å². The second-order valence-corrected chi connectivity index (χ2v) is 6.20. The number of amides is 2. The molecule has 2 aromatic rings. The van der Waals surface area contributed by atoms with E-state index in [1.54, 1.807) is 10.8 Å². The topological polar surface area (TPSA) is 122 Å². The highest BCUT2D eigenvalue weighted by Crippen LogP contribution is 2.35. The first-order valence-electron chi connectivity index (χ1n) is 8.19. The molecule has 1 unspecified atom stereocenters. The summed E-state index contributed by atoms with van der Waals surface area (Å²) in [6.45, 7) is 0.273. The van der Waals surface area contributed by atoms with E-state index in [1.165, 1.54) is 11.9 Å². The molecule has 8 nitrogen and oxygen atoms in total. The van der Waals surface area contributed by atoms with Gasteiger partial charge in [0, 0.05) is 19.2 Å². The monoisotopic (exact) mass is 356 g/mol. The van der Waals surface area contributed by atoms with Gasteiger partial charge in [-0.3, -0.25) is 4.79 Å². The highest BCUT2D eigenvalue weighted by molar-refractivity contribution is 5.93. The average molecular weight is 356 g/mol. The molecule has 136 valence electrons. The van der Waals surface area contributed by atoms with Gasteiger partial charge in [-0.2, -0.15) is 5.10 Å². The molecule has 0 bridgehead atoms. The number of carbonyl (C=O) groups is 2. The Labute approximate surface area is 150 Å². The molecule has 0 spiro atoms. The maximum Gasteiger partial charge on any atom is 0.407 e. The fourth-order valence-corrected chi connectivity index (χ4v) is 3.05. The van der Waals surface area contributed by atoms with Gasteiger partial charge in [0.2, 0.25) is 0 Å². The lowest BCUT2D eigenvalue weighted by atomic mass is 10.1. The van der Waals surface area contributed by atoms with Gasteiger partial charge in [-0.25, -0.2) is 9.48 Å². The van der Waals surface area contributed by atoms with Crippen LogP contribution in [0.4, 0.5) is 4.79 Å². The van der Waals surface area contributed by atoms with Crippen molar-refractivity contribution in [2.75, 3.05) is 13.6 Å². The normalized spacial score (nSPS) is 16.0. The van der Waals surface area contributed by atoms with Gasteiger partial charge in [0.1, 0.15) is 0 Å². The van der Waals surface area contributed by atoms with E-state index in [-0.39, 0.29) is 12.2 Å². The SMILES string of the molecule is CN(CC=Cc1cccc(-n2nc(C(N)=O)c3c2CCC3O)c1)C(=O)O. The van der Waals surface area contributed by atoms with Gasteiger partial charge in [0.15, 0.2) is 5.69 Å². The van der Waals surface area contributed by atoms with Crippen LogP contribution in [0.1, 0.15) is 39.8 Å². The van der Waals surface area contributed by atoms with E-state index in [2.05, 4.69) is 5.10 Å². The lowest BCUT2D eigenvalue weighted by Crippen LogP contribution is -2.24. The van der Waals surface area contributed by atoms with E-state index in [1.807, 2.05) is 30.3 Å². The summed E-state index contributed by atoms with van der Waals surface area (Å²) in [5.74, 6) is -0.659. The minimum atomic E-state index is -0.993. The summed E-state index contributed by atoms with van der Waals surface area (Å²) in [7, 11) is 1.49. The molecule has 1 atom stereocenters. The summed E-state index contributed by atoms with van der Waals surface area (Å²) < 4.78 is 1.65. The van der Waals surface area contributed by atoms with Crippen LogP contribution in [0, 0.1) is 0 Å². The summed E-state index contributed by atoms with van der Waals surface area (Å²) >= 11 is 0. The fourth-order valence-electron chi connectivity index (χ4n) is 3.05.